The van der Waals surface area contributed by atoms with Gasteiger partial charge in [0.05, 0.1) is 11.4 Å². The van der Waals surface area contributed by atoms with Gasteiger partial charge in [0, 0.05) is 22.9 Å². The molecule has 1 heterocycles. The zero-order valence-electron chi connectivity index (χ0n) is 19.1. The fourth-order valence-corrected chi connectivity index (χ4v) is 3.54. The van der Waals surface area contributed by atoms with E-state index >= 15 is 0 Å². The minimum absolute atomic E-state index is 0.0496. The molecule has 5 heteroatoms. The molecule has 1 amide bonds. The van der Waals surface area contributed by atoms with Crippen LogP contribution in [0.5, 0.6) is 0 Å². The number of aromatic nitrogens is 2. The lowest BCUT2D eigenvalue weighted by Gasteiger charge is -2.14. The SMILES string of the molecule is CCCCCCCCCCCC(=O)Nc1cc(C(C)(C)C)nn1-c1ccc(Cl)cc1. The molecular formula is C25H38ClN3O. The lowest BCUT2D eigenvalue weighted by atomic mass is 9.92. The molecule has 0 fully saturated rings. The number of anilines is 1. The monoisotopic (exact) mass is 431 g/mol. The summed E-state index contributed by atoms with van der Waals surface area (Å²) < 4.78 is 1.80. The summed E-state index contributed by atoms with van der Waals surface area (Å²) in [6.07, 6.45) is 11.8. The van der Waals surface area contributed by atoms with E-state index in [2.05, 4.69) is 33.0 Å². The van der Waals surface area contributed by atoms with Crippen LogP contribution >= 0.6 is 11.6 Å². The molecule has 4 nitrogen and oxygen atoms in total. The van der Waals surface area contributed by atoms with E-state index < -0.39 is 0 Å². The first-order valence-corrected chi connectivity index (χ1v) is 11.9. The van der Waals surface area contributed by atoms with Crippen molar-refractivity contribution in [3.05, 3.63) is 41.0 Å². The van der Waals surface area contributed by atoms with E-state index in [1.165, 1.54) is 44.9 Å². The summed E-state index contributed by atoms with van der Waals surface area (Å²) in [5, 5.41) is 8.49. The van der Waals surface area contributed by atoms with Gasteiger partial charge in [-0.05, 0) is 30.7 Å². The van der Waals surface area contributed by atoms with Gasteiger partial charge in [-0.25, -0.2) is 4.68 Å². The number of nitrogens with one attached hydrogen (secondary N) is 1. The number of hydrogen-bond donors (Lipinski definition) is 1. The maximum absolute atomic E-state index is 12.5. The molecule has 0 spiro atoms. The second-order valence-corrected chi connectivity index (χ2v) is 9.62. The first kappa shape index (κ1) is 24.5. The van der Waals surface area contributed by atoms with Crippen molar-refractivity contribution in [3.8, 4) is 5.69 Å². The Kier molecular flexibility index (Phi) is 9.90. The van der Waals surface area contributed by atoms with Crippen molar-refractivity contribution in [3.63, 3.8) is 0 Å². The van der Waals surface area contributed by atoms with Gasteiger partial charge in [0.1, 0.15) is 5.82 Å². The third-order valence-electron chi connectivity index (χ3n) is 5.32. The minimum Gasteiger partial charge on any atom is -0.311 e. The van der Waals surface area contributed by atoms with Crippen molar-refractivity contribution in [2.24, 2.45) is 0 Å². The fourth-order valence-electron chi connectivity index (χ4n) is 3.42. The lowest BCUT2D eigenvalue weighted by molar-refractivity contribution is -0.116. The summed E-state index contributed by atoms with van der Waals surface area (Å²) in [7, 11) is 0. The second kappa shape index (κ2) is 12.1. The number of hydrogen-bond acceptors (Lipinski definition) is 2. The van der Waals surface area contributed by atoms with E-state index in [0.29, 0.717) is 17.3 Å². The molecule has 0 radical (unpaired) electrons. The molecule has 0 bridgehead atoms. The second-order valence-electron chi connectivity index (χ2n) is 9.18. The standard InChI is InChI=1S/C25H38ClN3O/c1-5-6-7-8-9-10-11-12-13-14-24(30)27-23-19-22(25(2,3)4)28-29(23)21-17-15-20(26)16-18-21/h15-19H,5-14H2,1-4H3,(H,27,30). The van der Waals surface area contributed by atoms with Crippen LogP contribution in [0.4, 0.5) is 5.82 Å². The topological polar surface area (TPSA) is 46.9 Å². The number of amides is 1. The van der Waals surface area contributed by atoms with Gasteiger partial charge in [-0.2, -0.15) is 5.10 Å². The molecule has 0 atom stereocenters. The van der Waals surface area contributed by atoms with Crippen molar-refractivity contribution >= 4 is 23.3 Å². The number of unbranched alkanes of at least 4 members (excludes halogenated alkanes) is 8. The summed E-state index contributed by atoms with van der Waals surface area (Å²) in [5.74, 6) is 0.761. The fraction of sp³-hybridized carbons (Fsp3) is 0.600. The Labute approximate surface area is 187 Å². The highest BCUT2D eigenvalue weighted by Crippen LogP contribution is 2.27. The molecule has 166 valence electrons. The highest BCUT2D eigenvalue weighted by Gasteiger charge is 2.21. The molecule has 2 rings (SSSR count). The van der Waals surface area contributed by atoms with Gasteiger partial charge in [0.2, 0.25) is 5.91 Å². The summed E-state index contributed by atoms with van der Waals surface area (Å²) in [6.45, 7) is 8.61. The molecule has 0 unspecified atom stereocenters. The van der Waals surface area contributed by atoms with Crippen LogP contribution in [0.2, 0.25) is 5.02 Å². The maximum atomic E-state index is 12.5. The van der Waals surface area contributed by atoms with E-state index in [1.54, 1.807) is 4.68 Å². The van der Waals surface area contributed by atoms with Crippen LogP contribution in [-0.4, -0.2) is 15.7 Å². The van der Waals surface area contributed by atoms with E-state index in [0.717, 1.165) is 24.2 Å². The van der Waals surface area contributed by atoms with E-state index in [4.69, 9.17) is 16.7 Å². The van der Waals surface area contributed by atoms with Crippen LogP contribution < -0.4 is 5.32 Å². The quantitative estimate of drug-likeness (QED) is 0.350. The average molecular weight is 432 g/mol. The maximum Gasteiger partial charge on any atom is 0.225 e. The van der Waals surface area contributed by atoms with E-state index in [-0.39, 0.29) is 11.3 Å². The Balaban J connectivity index is 1.88. The number of halogens is 1. The van der Waals surface area contributed by atoms with Gasteiger partial charge in [0.25, 0.3) is 0 Å². The van der Waals surface area contributed by atoms with Gasteiger partial charge in [-0.1, -0.05) is 90.7 Å². The Bertz CT molecular complexity index is 775. The normalized spacial score (nSPS) is 11.6. The molecule has 1 N–H and O–H groups in total. The number of carbonyl (C=O) groups excluding carboxylic acids is 1. The van der Waals surface area contributed by atoms with Crippen LogP contribution in [0.25, 0.3) is 5.69 Å². The Morgan fingerprint density at radius 2 is 1.53 bits per heavy atom. The first-order valence-electron chi connectivity index (χ1n) is 11.5. The third-order valence-corrected chi connectivity index (χ3v) is 5.58. The van der Waals surface area contributed by atoms with Crippen molar-refractivity contribution in [1.82, 2.24) is 9.78 Å². The van der Waals surface area contributed by atoms with E-state index in [1.807, 2.05) is 30.3 Å². The predicted molar refractivity (Wildman–Crippen MR) is 128 cm³/mol. The average Bonchev–Trinajstić information content (AvgIpc) is 3.11. The lowest BCUT2D eigenvalue weighted by Crippen LogP contribution is -2.14. The van der Waals surface area contributed by atoms with Gasteiger partial charge in [-0.3, -0.25) is 4.79 Å². The number of nitrogens with zero attached hydrogens (tertiary/aromatic N) is 2. The first-order chi connectivity index (χ1) is 14.3. The van der Waals surface area contributed by atoms with Crippen LogP contribution in [0.1, 0.15) is 97.6 Å². The van der Waals surface area contributed by atoms with Gasteiger partial charge < -0.3 is 5.32 Å². The summed E-state index contributed by atoms with van der Waals surface area (Å²) >= 11 is 6.03. The van der Waals surface area contributed by atoms with Crippen LogP contribution in [0.15, 0.2) is 30.3 Å². The van der Waals surface area contributed by atoms with Crippen molar-refractivity contribution in [1.29, 1.82) is 0 Å². The highest BCUT2D eigenvalue weighted by atomic mass is 35.5. The van der Waals surface area contributed by atoms with Gasteiger partial charge >= 0.3 is 0 Å². The van der Waals surface area contributed by atoms with Crippen molar-refractivity contribution in [2.45, 2.75) is 97.3 Å². The molecule has 2 aromatic rings. The molecule has 0 aliphatic carbocycles. The minimum atomic E-state index is -0.103. The van der Waals surface area contributed by atoms with Crippen LogP contribution in [0, 0.1) is 0 Å². The molecular weight excluding hydrogens is 394 g/mol. The Morgan fingerprint density at radius 3 is 2.10 bits per heavy atom. The predicted octanol–water partition coefficient (Wildman–Crippen LogP) is 7.68. The molecule has 30 heavy (non-hydrogen) atoms. The molecule has 0 saturated carbocycles. The molecule has 1 aromatic carbocycles. The summed E-state index contributed by atoms with van der Waals surface area (Å²) in [4.78, 5) is 12.5. The number of benzene rings is 1. The highest BCUT2D eigenvalue weighted by molar-refractivity contribution is 6.30. The van der Waals surface area contributed by atoms with Gasteiger partial charge in [-0.15, -0.1) is 0 Å². The van der Waals surface area contributed by atoms with Crippen LogP contribution in [-0.2, 0) is 10.2 Å². The van der Waals surface area contributed by atoms with Crippen molar-refractivity contribution < 1.29 is 4.79 Å². The molecule has 0 aliphatic heterocycles. The smallest absolute Gasteiger partial charge is 0.225 e. The zero-order valence-corrected chi connectivity index (χ0v) is 19.9. The van der Waals surface area contributed by atoms with Crippen molar-refractivity contribution in [2.75, 3.05) is 5.32 Å². The summed E-state index contributed by atoms with van der Waals surface area (Å²) in [5.41, 5.74) is 1.72. The van der Waals surface area contributed by atoms with E-state index in [9.17, 15) is 4.79 Å². The zero-order chi connectivity index (χ0) is 22.0. The van der Waals surface area contributed by atoms with Gasteiger partial charge in [0.15, 0.2) is 0 Å². The van der Waals surface area contributed by atoms with Crippen LogP contribution in [0.3, 0.4) is 0 Å². The largest absolute Gasteiger partial charge is 0.311 e. The summed E-state index contributed by atoms with van der Waals surface area (Å²) in [6, 6.07) is 9.48. The Hall–Kier alpha value is -1.81. The number of rotatable bonds is 12. The molecule has 1 aromatic heterocycles. The Morgan fingerprint density at radius 1 is 0.967 bits per heavy atom. The third kappa shape index (κ3) is 8.14. The molecule has 0 aliphatic rings. The molecule has 0 saturated heterocycles. The number of carbonyl (C=O) groups is 1.